The monoisotopic (exact) mass is 377 g/mol. The van der Waals surface area contributed by atoms with Crippen LogP contribution < -0.4 is 15.4 Å². The lowest BCUT2D eigenvalue weighted by atomic mass is 9.99. The first-order chi connectivity index (χ1) is 12.2. The Bertz CT molecular complexity index is 960. The second-order valence-corrected chi connectivity index (χ2v) is 7.96. The van der Waals surface area contributed by atoms with E-state index < -0.39 is 10.0 Å². The van der Waals surface area contributed by atoms with Gasteiger partial charge in [-0.25, -0.2) is 17.9 Å². The van der Waals surface area contributed by atoms with Gasteiger partial charge in [-0.1, -0.05) is 12.1 Å². The highest BCUT2D eigenvalue weighted by atomic mass is 32.2. The molecule has 0 fully saturated rings. The molecule has 1 amide bonds. The number of rotatable bonds is 4. The molecule has 26 heavy (non-hydrogen) atoms. The Morgan fingerprint density at radius 3 is 2.81 bits per heavy atom. The molecule has 138 valence electrons. The Hall–Kier alpha value is -2.45. The largest absolute Gasteiger partial charge is 0.360 e. The van der Waals surface area contributed by atoms with Crippen molar-refractivity contribution in [2.24, 2.45) is 5.14 Å². The average molecular weight is 377 g/mol. The van der Waals surface area contributed by atoms with E-state index in [1.54, 1.807) is 11.0 Å². The number of benzene rings is 2. The topological polar surface area (TPSA) is 92.5 Å². The van der Waals surface area contributed by atoms with E-state index in [0.29, 0.717) is 17.9 Å². The SMILES string of the molecule is Cc1cc(F)c2c(c1)CCCN2CC(=O)Nc1cccc(S(N)(=O)=O)c1. The molecule has 3 N–H and O–H groups in total. The molecule has 0 radical (unpaired) electrons. The summed E-state index contributed by atoms with van der Waals surface area (Å²) in [5.74, 6) is -0.687. The number of carbonyl (C=O) groups excluding carboxylic acids is 1. The second kappa shape index (κ2) is 7.05. The fourth-order valence-electron chi connectivity index (χ4n) is 3.21. The van der Waals surface area contributed by atoms with Crippen LogP contribution in [0, 0.1) is 12.7 Å². The van der Waals surface area contributed by atoms with Crippen molar-refractivity contribution in [1.29, 1.82) is 0 Å². The maximum atomic E-state index is 14.4. The van der Waals surface area contributed by atoms with Gasteiger partial charge in [0, 0.05) is 12.2 Å². The highest BCUT2D eigenvalue weighted by Gasteiger charge is 2.23. The van der Waals surface area contributed by atoms with Crippen LogP contribution in [0.15, 0.2) is 41.3 Å². The number of primary sulfonamides is 1. The third kappa shape index (κ3) is 4.03. The molecule has 1 heterocycles. The molecule has 6 nitrogen and oxygen atoms in total. The van der Waals surface area contributed by atoms with Crippen molar-refractivity contribution in [3.8, 4) is 0 Å². The highest BCUT2D eigenvalue weighted by molar-refractivity contribution is 7.89. The molecule has 0 unspecified atom stereocenters. The van der Waals surface area contributed by atoms with Gasteiger partial charge in [0.25, 0.3) is 0 Å². The van der Waals surface area contributed by atoms with Crippen LogP contribution in [0.4, 0.5) is 15.8 Å². The van der Waals surface area contributed by atoms with Crippen LogP contribution in [-0.2, 0) is 21.2 Å². The minimum absolute atomic E-state index is 0.0212. The number of aryl methyl sites for hydroxylation is 2. The molecule has 0 bridgehead atoms. The smallest absolute Gasteiger partial charge is 0.243 e. The lowest BCUT2D eigenvalue weighted by Crippen LogP contribution is -2.37. The van der Waals surface area contributed by atoms with Gasteiger partial charge in [-0.15, -0.1) is 0 Å². The molecule has 1 aliphatic heterocycles. The predicted octanol–water partition coefficient (Wildman–Crippen LogP) is 2.17. The standard InChI is InChI=1S/C18H20FN3O3S/c1-12-8-13-4-3-7-22(18(13)16(19)9-12)11-17(23)21-14-5-2-6-15(10-14)26(20,24)25/h2,5-6,8-10H,3-4,7,11H2,1H3,(H,21,23)(H2,20,24,25). The van der Waals surface area contributed by atoms with E-state index in [1.807, 2.05) is 13.0 Å². The van der Waals surface area contributed by atoms with Crippen LogP contribution in [0.25, 0.3) is 0 Å². The lowest BCUT2D eigenvalue weighted by molar-refractivity contribution is -0.115. The van der Waals surface area contributed by atoms with Gasteiger partial charge in [0.15, 0.2) is 0 Å². The summed E-state index contributed by atoms with van der Waals surface area (Å²) in [5.41, 5.74) is 2.54. The van der Waals surface area contributed by atoms with Gasteiger partial charge in [-0.05, 0) is 55.2 Å². The van der Waals surface area contributed by atoms with E-state index >= 15 is 0 Å². The third-order valence-corrected chi connectivity index (χ3v) is 5.17. The Kier molecular flexibility index (Phi) is 4.97. The van der Waals surface area contributed by atoms with E-state index in [4.69, 9.17) is 5.14 Å². The van der Waals surface area contributed by atoms with Gasteiger partial charge in [0.2, 0.25) is 15.9 Å². The molecule has 0 aromatic heterocycles. The maximum absolute atomic E-state index is 14.4. The molecule has 0 saturated heterocycles. The molecule has 3 rings (SSSR count). The predicted molar refractivity (Wildman–Crippen MR) is 98.1 cm³/mol. The molecule has 0 spiro atoms. The molecule has 0 saturated carbocycles. The van der Waals surface area contributed by atoms with Gasteiger partial charge < -0.3 is 10.2 Å². The third-order valence-electron chi connectivity index (χ3n) is 4.26. The summed E-state index contributed by atoms with van der Waals surface area (Å²) in [6, 6.07) is 9.11. The summed E-state index contributed by atoms with van der Waals surface area (Å²) in [5, 5.41) is 7.74. The lowest BCUT2D eigenvalue weighted by Gasteiger charge is -2.31. The Balaban J connectivity index is 1.76. The van der Waals surface area contributed by atoms with Crippen LogP contribution >= 0.6 is 0 Å². The highest BCUT2D eigenvalue weighted by Crippen LogP contribution is 2.31. The quantitative estimate of drug-likeness (QED) is 0.854. The zero-order chi connectivity index (χ0) is 18.9. The summed E-state index contributed by atoms with van der Waals surface area (Å²) >= 11 is 0. The van der Waals surface area contributed by atoms with Crippen molar-refractivity contribution in [3.63, 3.8) is 0 Å². The van der Waals surface area contributed by atoms with E-state index in [-0.39, 0.29) is 23.2 Å². The molecule has 2 aromatic carbocycles. The number of amides is 1. The summed E-state index contributed by atoms with van der Waals surface area (Å²) in [7, 11) is -3.85. The van der Waals surface area contributed by atoms with Crippen LogP contribution in [-0.4, -0.2) is 27.4 Å². The van der Waals surface area contributed by atoms with Crippen molar-refractivity contribution < 1.29 is 17.6 Å². The van der Waals surface area contributed by atoms with E-state index in [0.717, 1.165) is 24.0 Å². The van der Waals surface area contributed by atoms with Crippen molar-refractivity contribution >= 4 is 27.3 Å². The first-order valence-corrected chi connectivity index (χ1v) is 9.75. The van der Waals surface area contributed by atoms with Crippen LogP contribution in [0.3, 0.4) is 0 Å². The molecular weight excluding hydrogens is 357 g/mol. The molecule has 0 atom stereocenters. The number of nitrogens with one attached hydrogen (secondary N) is 1. The van der Waals surface area contributed by atoms with Crippen molar-refractivity contribution in [2.75, 3.05) is 23.3 Å². The molecule has 2 aromatic rings. The first-order valence-electron chi connectivity index (χ1n) is 8.21. The summed E-state index contributed by atoms with van der Waals surface area (Å²) < 4.78 is 37.2. The summed E-state index contributed by atoms with van der Waals surface area (Å²) in [6.07, 6.45) is 1.62. The fraction of sp³-hybridized carbons (Fsp3) is 0.278. The average Bonchev–Trinajstić information content (AvgIpc) is 2.53. The number of carbonyl (C=O) groups is 1. The minimum atomic E-state index is -3.85. The van der Waals surface area contributed by atoms with Crippen LogP contribution in [0.1, 0.15) is 17.5 Å². The van der Waals surface area contributed by atoms with E-state index in [9.17, 15) is 17.6 Å². The van der Waals surface area contributed by atoms with Crippen molar-refractivity contribution in [3.05, 3.63) is 53.3 Å². The number of sulfonamides is 1. The van der Waals surface area contributed by atoms with Gasteiger partial charge in [-0.2, -0.15) is 0 Å². The van der Waals surface area contributed by atoms with E-state index in [2.05, 4.69) is 5.32 Å². The molecule has 0 aliphatic carbocycles. The number of hydrogen-bond donors (Lipinski definition) is 2. The number of anilines is 2. The minimum Gasteiger partial charge on any atom is -0.360 e. The van der Waals surface area contributed by atoms with E-state index in [1.165, 1.54) is 24.3 Å². The van der Waals surface area contributed by atoms with Gasteiger partial charge in [0.1, 0.15) is 5.82 Å². The summed E-state index contributed by atoms with van der Waals surface area (Å²) in [6.45, 7) is 2.40. The number of fused-ring (bicyclic) bond motifs is 1. The van der Waals surface area contributed by atoms with Crippen molar-refractivity contribution in [1.82, 2.24) is 0 Å². The van der Waals surface area contributed by atoms with Gasteiger partial charge >= 0.3 is 0 Å². The zero-order valence-corrected chi connectivity index (χ0v) is 15.1. The molecular formula is C18H20FN3O3S. The number of hydrogen-bond acceptors (Lipinski definition) is 4. The van der Waals surface area contributed by atoms with Crippen LogP contribution in [0.2, 0.25) is 0 Å². The molecule has 8 heteroatoms. The van der Waals surface area contributed by atoms with Gasteiger partial charge in [0.05, 0.1) is 17.1 Å². The van der Waals surface area contributed by atoms with Crippen LogP contribution in [0.5, 0.6) is 0 Å². The van der Waals surface area contributed by atoms with Gasteiger partial charge in [-0.3, -0.25) is 4.79 Å². The molecule has 1 aliphatic rings. The Morgan fingerprint density at radius 2 is 2.08 bits per heavy atom. The Morgan fingerprint density at radius 1 is 1.31 bits per heavy atom. The first kappa shape index (κ1) is 18.3. The second-order valence-electron chi connectivity index (χ2n) is 6.40. The number of nitrogens with two attached hydrogens (primary N) is 1. The maximum Gasteiger partial charge on any atom is 0.243 e. The number of halogens is 1. The zero-order valence-electron chi connectivity index (χ0n) is 14.3. The normalized spacial score (nSPS) is 14.0. The number of nitrogens with zero attached hydrogens (tertiary/aromatic N) is 1. The summed E-state index contributed by atoms with van der Waals surface area (Å²) in [4.78, 5) is 14.0. The Labute approximate surface area is 151 Å². The van der Waals surface area contributed by atoms with Crippen molar-refractivity contribution in [2.45, 2.75) is 24.7 Å². The fourth-order valence-corrected chi connectivity index (χ4v) is 3.77.